The van der Waals surface area contributed by atoms with Crippen molar-refractivity contribution < 1.29 is 22.3 Å². The monoisotopic (exact) mass is 410 g/mol. The van der Waals surface area contributed by atoms with E-state index in [2.05, 4.69) is 5.32 Å². The third-order valence-corrected chi connectivity index (χ3v) is 6.78. The number of nitrogens with zero attached hydrogens (tertiary/aromatic N) is 1. The molecule has 0 saturated carbocycles. The quantitative estimate of drug-likeness (QED) is 0.767. The van der Waals surface area contributed by atoms with Crippen molar-refractivity contribution in [3.05, 3.63) is 53.8 Å². The fourth-order valence-corrected chi connectivity index (χ4v) is 4.49. The molecule has 1 aliphatic rings. The van der Waals surface area contributed by atoms with Crippen molar-refractivity contribution in [3.63, 3.8) is 0 Å². The number of rotatable bonds is 5. The van der Waals surface area contributed by atoms with Crippen LogP contribution in [0.5, 0.6) is 0 Å². The molecule has 1 fully saturated rings. The highest BCUT2D eigenvalue weighted by Gasteiger charge is 2.27. The number of hydrogen-bond donors (Lipinski definition) is 1. The van der Waals surface area contributed by atoms with E-state index in [0.29, 0.717) is 18.9 Å². The van der Waals surface area contributed by atoms with Gasteiger partial charge in [-0.15, -0.1) is 11.8 Å². The van der Waals surface area contributed by atoms with Crippen molar-refractivity contribution in [2.75, 3.05) is 37.9 Å². The minimum atomic E-state index is -3.81. The van der Waals surface area contributed by atoms with Gasteiger partial charge in [-0.25, -0.2) is 12.8 Å². The number of hydrogen-bond acceptors (Lipinski definition) is 5. The van der Waals surface area contributed by atoms with Crippen LogP contribution in [0.15, 0.2) is 52.3 Å². The van der Waals surface area contributed by atoms with Crippen LogP contribution in [0.1, 0.15) is 10.4 Å². The van der Waals surface area contributed by atoms with Crippen molar-refractivity contribution in [1.82, 2.24) is 4.31 Å². The number of ether oxygens (including phenoxy) is 1. The molecule has 0 radical (unpaired) electrons. The number of nitrogens with one attached hydrogen (secondary N) is 1. The first-order chi connectivity index (χ1) is 12.9. The topological polar surface area (TPSA) is 75.7 Å². The summed E-state index contributed by atoms with van der Waals surface area (Å²) in [5, 5.41) is 2.59. The molecule has 2 aromatic carbocycles. The lowest BCUT2D eigenvalue weighted by atomic mass is 10.2. The fourth-order valence-electron chi connectivity index (χ4n) is 2.65. The lowest BCUT2D eigenvalue weighted by Gasteiger charge is -2.26. The highest BCUT2D eigenvalue weighted by molar-refractivity contribution is 7.98. The van der Waals surface area contributed by atoms with Gasteiger partial charge in [-0.2, -0.15) is 4.31 Å². The number of benzene rings is 2. The molecule has 144 valence electrons. The molecular weight excluding hydrogens is 391 g/mol. The molecule has 0 spiro atoms. The largest absolute Gasteiger partial charge is 0.379 e. The van der Waals surface area contributed by atoms with Crippen LogP contribution in [-0.2, 0) is 14.8 Å². The minimum absolute atomic E-state index is 0.117. The van der Waals surface area contributed by atoms with E-state index in [1.54, 1.807) is 23.9 Å². The van der Waals surface area contributed by atoms with Gasteiger partial charge < -0.3 is 10.1 Å². The fraction of sp³-hybridized carbons (Fsp3) is 0.278. The number of amides is 1. The van der Waals surface area contributed by atoms with Gasteiger partial charge in [0.05, 0.1) is 23.7 Å². The van der Waals surface area contributed by atoms with Gasteiger partial charge in [-0.05, 0) is 48.7 Å². The Morgan fingerprint density at radius 2 is 1.81 bits per heavy atom. The molecule has 6 nitrogen and oxygen atoms in total. The Bertz CT molecular complexity index is 927. The number of anilines is 1. The van der Waals surface area contributed by atoms with Crippen molar-refractivity contribution in [1.29, 1.82) is 0 Å². The Labute approximate surface area is 161 Å². The van der Waals surface area contributed by atoms with Crippen LogP contribution < -0.4 is 5.32 Å². The number of halogens is 1. The van der Waals surface area contributed by atoms with Gasteiger partial charge in [-0.1, -0.05) is 0 Å². The number of morpholine rings is 1. The molecule has 2 aromatic rings. The molecule has 9 heteroatoms. The van der Waals surface area contributed by atoms with Gasteiger partial charge >= 0.3 is 0 Å². The summed E-state index contributed by atoms with van der Waals surface area (Å²) in [5.74, 6) is -1.49. The second-order valence-electron chi connectivity index (χ2n) is 5.84. The van der Waals surface area contributed by atoms with E-state index in [4.69, 9.17) is 4.74 Å². The van der Waals surface area contributed by atoms with Gasteiger partial charge in [-0.3, -0.25) is 4.79 Å². The zero-order valence-electron chi connectivity index (χ0n) is 14.6. The highest BCUT2D eigenvalue weighted by Crippen LogP contribution is 2.22. The average molecular weight is 410 g/mol. The van der Waals surface area contributed by atoms with E-state index in [9.17, 15) is 17.6 Å². The summed E-state index contributed by atoms with van der Waals surface area (Å²) in [7, 11) is -3.81. The van der Waals surface area contributed by atoms with Crippen LogP contribution in [0.4, 0.5) is 10.1 Å². The maximum absolute atomic E-state index is 14.2. The first-order valence-corrected chi connectivity index (χ1v) is 10.9. The Hall–Kier alpha value is -1.94. The summed E-state index contributed by atoms with van der Waals surface area (Å²) in [4.78, 5) is 13.4. The van der Waals surface area contributed by atoms with Crippen LogP contribution in [0.25, 0.3) is 0 Å². The zero-order valence-corrected chi connectivity index (χ0v) is 16.3. The summed E-state index contributed by atoms with van der Waals surface area (Å²) >= 11 is 1.56. The molecule has 3 rings (SSSR count). The maximum Gasteiger partial charge on any atom is 0.258 e. The van der Waals surface area contributed by atoms with Gasteiger partial charge in [0.15, 0.2) is 0 Å². The molecular formula is C18H19FN2O4S2. The van der Waals surface area contributed by atoms with E-state index in [1.807, 2.05) is 18.4 Å². The number of sulfonamides is 1. The SMILES string of the molecule is CSc1ccc(NC(=O)c2cc(S(=O)(=O)N3CCOCC3)ccc2F)cc1. The number of carbonyl (C=O) groups excluding carboxylic acids is 1. The predicted octanol–water partition coefficient (Wildman–Crippen LogP) is 2.82. The Morgan fingerprint density at radius 3 is 2.44 bits per heavy atom. The van der Waals surface area contributed by atoms with Crippen molar-refractivity contribution >= 4 is 33.4 Å². The second-order valence-corrected chi connectivity index (χ2v) is 8.66. The normalized spacial score (nSPS) is 15.5. The van der Waals surface area contributed by atoms with Gasteiger partial charge in [0.2, 0.25) is 10.0 Å². The van der Waals surface area contributed by atoms with Crippen molar-refractivity contribution in [3.8, 4) is 0 Å². The first-order valence-electron chi connectivity index (χ1n) is 8.24. The van der Waals surface area contributed by atoms with E-state index < -0.39 is 21.7 Å². The summed E-state index contributed by atoms with van der Waals surface area (Å²) in [5.41, 5.74) is 0.178. The molecule has 0 atom stereocenters. The summed E-state index contributed by atoms with van der Waals surface area (Å²) in [6, 6.07) is 10.3. The second kappa shape index (κ2) is 8.39. The standard InChI is InChI=1S/C18H19FN2O4S2/c1-26-14-4-2-13(3-5-14)20-18(22)16-12-15(6-7-17(16)19)27(23,24)21-8-10-25-11-9-21/h2-7,12H,8-11H2,1H3,(H,20,22). The minimum Gasteiger partial charge on any atom is -0.379 e. The highest BCUT2D eigenvalue weighted by atomic mass is 32.2. The maximum atomic E-state index is 14.2. The third-order valence-electron chi connectivity index (χ3n) is 4.14. The molecule has 0 unspecified atom stereocenters. The third kappa shape index (κ3) is 4.49. The lowest BCUT2D eigenvalue weighted by molar-refractivity contribution is 0.0730. The molecule has 1 N–H and O–H groups in total. The zero-order chi connectivity index (χ0) is 19.4. The van der Waals surface area contributed by atoms with Crippen LogP contribution >= 0.6 is 11.8 Å². The van der Waals surface area contributed by atoms with Crippen LogP contribution in [-0.4, -0.2) is 51.2 Å². The average Bonchev–Trinajstić information content (AvgIpc) is 2.69. The molecule has 1 amide bonds. The number of thioether (sulfide) groups is 1. The molecule has 1 aliphatic heterocycles. The van der Waals surface area contributed by atoms with Gasteiger partial charge in [0.1, 0.15) is 5.82 Å². The van der Waals surface area contributed by atoms with Crippen LogP contribution in [0.2, 0.25) is 0 Å². The molecule has 1 heterocycles. The first kappa shape index (κ1) is 19.8. The Kier molecular flexibility index (Phi) is 6.15. The lowest BCUT2D eigenvalue weighted by Crippen LogP contribution is -2.40. The van der Waals surface area contributed by atoms with E-state index in [-0.39, 0.29) is 23.5 Å². The summed E-state index contributed by atoms with van der Waals surface area (Å²) in [6.07, 6.45) is 1.93. The Morgan fingerprint density at radius 1 is 1.15 bits per heavy atom. The van der Waals surface area contributed by atoms with E-state index in [0.717, 1.165) is 17.0 Å². The van der Waals surface area contributed by atoms with Crippen LogP contribution in [0, 0.1) is 5.82 Å². The van der Waals surface area contributed by atoms with Crippen molar-refractivity contribution in [2.24, 2.45) is 0 Å². The van der Waals surface area contributed by atoms with Gasteiger partial charge in [0, 0.05) is 23.7 Å². The van der Waals surface area contributed by atoms with E-state index >= 15 is 0 Å². The predicted molar refractivity (Wildman–Crippen MR) is 102 cm³/mol. The summed E-state index contributed by atoms with van der Waals surface area (Å²) in [6.45, 7) is 1.06. The number of carbonyl (C=O) groups is 1. The smallest absolute Gasteiger partial charge is 0.258 e. The molecule has 1 saturated heterocycles. The van der Waals surface area contributed by atoms with E-state index in [1.165, 1.54) is 10.4 Å². The van der Waals surface area contributed by atoms with Crippen molar-refractivity contribution in [2.45, 2.75) is 9.79 Å². The Balaban J connectivity index is 1.84. The van der Waals surface area contributed by atoms with Gasteiger partial charge in [0.25, 0.3) is 5.91 Å². The molecule has 0 aromatic heterocycles. The van der Waals surface area contributed by atoms with Crippen LogP contribution in [0.3, 0.4) is 0 Å². The molecule has 27 heavy (non-hydrogen) atoms. The molecule has 0 aliphatic carbocycles. The molecule has 0 bridgehead atoms. The summed E-state index contributed by atoms with van der Waals surface area (Å²) < 4.78 is 46.0.